The summed E-state index contributed by atoms with van der Waals surface area (Å²) < 4.78 is 0. The molecule has 0 spiro atoms. The van der Waals surface area contributed by atoms with Crippen molar-refractivity contribution in [1.82, 2.24) is 10.2 Å². The zero-order valence-corrected chi connectivity index (χ0v) is 10.7. The highest BCUT2D eigenvalue weighted by Gasteiger charge is 2.20. The summed E-state index contributed by atoms with van der Waals surface area (Å²) in [4.78, 5) is 14.0. The summed E-state index contributed by atoms with van der Waals surface area (Å²) in [6.07, 6.45) is 2.37. The maximum absolute atomic E-state index is 11.7. The quantitative estimate of drug-likeness (QED) is 0.732. The van der Waals surface area contributed by atoms with Crippen LogP contribution in [-0.2, 0) is 4.79 Å². The van der Waals surface area contributed by atoms with E-state index in [1.165, 1.54) is 12.8 Å². The van der Waals surface area contributed by atoms with E-state index in [-0.39, 0.29) is 17.9 Å². The standard InChI is InChI=1S/C12H25N3O/c1-9(10(2)13)12(16)14-8-11-4-6-15(3)7-5-11/h9-11H,4-8,13H2,1-3H3,(H,14,16). The van der Waals surface area contributed by atoms with Crippen LogP contribution >= 0.6 is 0 Å². The first-order valence-corrected chi connectivity index (χ1v) is 6.22. The Morgan fingerprint density at radius 1 is 1.44 bits per heavy atom. The number of rotatable bonds is 4. The number of nitrogens with two attached hydrogens (primary N) is 1. The van der Waals surface area contributed by atoms with Crippen molar-refractivity contribution < 1.29 is 4.79 Å². The fourth-order valence-corrected chi connectivity index (χ4v) is 1.91. The molecule has 4 heteroatoms. The van der Waals surface area contributed by atoms with Crippen molar-refractivity contribution in [2.24, 2.45) is 17.6 Å². The lowest BCUT2D eigenvalue weighted by atomic mass is 9.96. The van der Waals surface area contributed by atoms with Crippen molar-refractivity contribution in [3.8, 4) is 0 Å². The lowest BCUT2D eigenvalue weighted by Gasteiger charge is -2.29. The molecule has 0 bridgehead atoms. The Kier molecular flexibility index (Phi) is 5.22. The van der Waals surface area contributed by atoms with Gasteiger partial charge in [-0.15, -0.1) is 0 Å². The van der Waals surface area contributed by atoms with E-state index in [0.29, 0.717) is 5.92 Å². The molecule has 0 saturated carbocycles. The van der Waals surface area contributed by atoms with Gasteiger partial charge in [-0.1, -0.05) is 6.92 Å². The zero-order valence-electron chi connectivity index (χ0n) is 10.7. The largest absolute Gasteiger partial charge is 0.356 e. The molecule has 1 fully saturated rings. The van der Waals surface area contributed by atoms with Gasteiger partial charge in [0.1, 0.15) is 0 Å². The van der Waals surface area contributed by atoms with Gasteiger partial charge in [-0.2, -0.15) is 0 Å². The van der Waals surface area contributed by atoms with Crippen LogP contribution in [0.4, 0.5) is 0 Å². The average molecular weight is 227 g/mol. The number of nitrogens with zero attached hydrogens (tertiary/aromatic N) is 1. The van der Waals surface area contributed by atoms with E-state index in [4.69, 9.17) is 5.73 Å². The molecule has 1 heterocycles. The molecule has 0 aromatic heterocycles. The van der Waals surface area contributed by atoms with Crippen molar-refractivity contribution >= 4 is 5.91 Å². The average Bonchev–Trinajstić information content (AvgIpc) is 2.26. The first kappa shape index (κ1) is 13.5. The van der Waals surface area contributed by atoms with Crippen molar-refractivity contribution in [3.05, 3.63) is 0 Å². The first-order valence-electron chi connectivity index (χ1n) is 6.22. The predicted molar refractivity (Wildman–Crippen MR) is 66.0 cm³/mol. The second kappa shape index (κ2) is 6.21. The molecule has 0 radical (unpaired) electrons. The van der Waals surface area contributed by atoms with E-state index in [9.17, 15) is 4.79 Å². The predicted octanol–water partition coefficient (Wildman–Crippen LogP) is 0.428. The summed E-state index contributed by atoms with van der Waals surface area (Å²) in [6, 6.07) is -0.0718. The Morgan fingerprint density at radius 2 is 2.00 bits per heavy atom. The second-order valence-electron chi connectivity index (χ2n) is 5.14. The van der Waals surface area contributed by atoms with Crippen LogP contribution in [-0.4, -0.2) is 43.5 Å². The minimum Gasteiger partial charge on any atom is -0.356 e. The van der Waals surface area contributed by atoms with Crippen LogP contribution in [0, 0.1) is 11.8 Å². The maximum Gasteiger partial charge on any atom is 0.224 e. The van der Waals surface area contributed by atoms with E-state index in [0.717, 1.165) is 19.6 Å². The van der Waals surface area contributed by atoms with Gasteiger partial charge in [0, 0.05) is 18.5 Å². The number of amides is 1. The molecule has 0 aromatic carbocycles. The van der Waals surface area contributed by atoms with Crippen LogP contribution in [0.15, 0.2) is 0 Å². The number of likely N-dealkylation sites (tertiary alicyclic amines) is 1. The number of hydrogen-bond donors (Lipinski definition) is 2. The van der Waals surface area contributed by atoms with Crippen molar-refractivity contribution in [2.75, 3.05) is 26.7 Å². The van der Waals surface area contributed by atoms with E-state index in [1.54, 1.807) is 0 Å². The number of carbonyl (C=O) groups excluding carboxylic acids is 1. The fraction of sp³-hybridized carbons (Fsp3) is 0.917. The summed E-state index contributed by atoms with van der Waals surface area (Å²) in [5.41, 5.74) is 5.70. The number of nitrogens with one attached hydrogen (secondary N) is 1. The molecule has 1 aliphatic heterocycles. The molecular weight excluding hydrogens is 202 g/mol. The van der Waals surface area contributed by atoms with Crippen LogP contribution in [0.1, 0.15) is 26.7 Å². The molecular formula is C12H25N3O. The Hall–Kier alpha value is -0.610. The van der Waals surface area contributed by atoms with E-state index >= 15 is 0 Å². The third-order valence-electron chi connectivity index (χ3n) is 3.61. The molecule has 1 aliphatic rings. The molecule has 2 unspecified atom stereocenters. The molecule has 1 amide bonds. The monoisotopic (exact) mass is 227 g/mol. The van der Waals surface area contributed by atoms with Crippen LogP contribution in [0.2, 0.25) is 0 Å². The SMILES string of the molecule is CC(N)C(C)C(=O)NCC1CCN(C)CC1. The minimum absolute atomic E-state index is 0.0718. The highest BCUT2D eigenvalue weighted by molar-refractivity contribution is 5.78. The third-order valence-corrected chi connectivity index (χ3v) is 3.61. The van der Waals surface area contributed by atoms with Gasteiger partial charge < -0.3 is 16.0 Å². The summed E-state index contributed by atoms with van der Waals surface area (Å²) >= 11 is 0. The molecule has 2 atom stereocenters. The topological polar surface area (TPSA) is 58.4 Å². The summed E-state index contributed by atoms with van der Waals surface area (Å²) in [7, 11) is 2.15. The van der Waals surface area contributed by atoms with Crippen molar-refractivity contribution in [1.29, 1.82) is 0 Å². The second-order valence-corrected chi connectivity index (χ2v) is 5.14. The van der Waals surface area contributed by atoms with Gasteiger partial charge in [0.15, 0.2) is 0 Å². The van der Waals surface area contributed by atoms with Gasteiger partial charge in [-0.05, 0) is 45.8 Å². The maximum atomic E-state index is 11.7. The van der Waals surface area contributed by atoms with E-state index < -0.39 is 0 Å². The highest BCUT2D eigenvalue weighted by Crippen LogP contribution is 2.14. The summed E-state index contributed by atoms with van der Waals surface area (Å²) in [5, 5.41) is 3.01. The Labute approximate surface area is 98.6 Å². The van der Waals surface area contributed by atoms with Crippen LogP contribution in [0.3, 0.4) is 0 Å². The molecule has 4 nitrogen and oxygen atoms in total. The first-order chi connectivity index (χ1) is 7.50. The highest BCUT2D eigenvalue weighted by atomic mass is 16.1. The normalized spacial score (nSPS) is 22.8. The van der Waals surface area contributed by atoms with Gasteiger partial charge in [-0.3, -0.25) is 4.79 Å². The molecule has 1 rings (SSSR count). The molecule has 16 heavy (non-hydrogen) atoms. The van der Waals surface area contributed by atoms with Crippen molar-refractivity contribution in [2.45, 2.75) is 32.7 Å². The smallest absolute Gasteiger partial charge is 0.224 e. The van der Waals surface area contributed by atoms with Gasteiger partial charge in [0.2, 0.25) is 5.91 Å². The lowest BCUT2D eigenvalue weighted by Crippen LogP contribution is -2.42. The van der Waals surface area contributed by atoms with Gasteiger partial charge in [-0.25, -0.2) is 0 Å². The molecule has 1 saturated heterocycles. The fourth-order valence-electron chi connectivity index (χ4n) is 1.91. The molecule has 94 valence electrons. The molecule has 0 aromatic rings. The van der Waals surface area contributed by atoms with Crippen LogP contribution in [0.25, 0.3) is 0 Å². The lowest BCUT2D eigenvalue weighted by molar-refractivity contribution is -0.125. The van der Waals surface area contributed by atoms with Crippen LogP contribution < -0.4 is 11.1 Å². The number of piperidine rings is 1. The van der Waals surface area contributed by atoms with E-state index in [2.05, 4.69) is 17.3 Å². The van der Waals surface area contributed by atoms with E-state index in [1.807, 2.05) is 13.8 Å². The third kappa shape index (κ3) is 4.10. The number of carbonyl (C=O) groups is 1. The summed E-state index contributed by atoms with van der Waals surface area (Å²) in [5.74, 6) is 0.639. The molecule has 0 aliphatic carbocycles. The van der Waals surface area contributed by atoms with Gasteiger partial charge in [0.05, 0.1) is 0 Å². The Bertz CT molecular complexity index is 222. The Morgan fingerprint density at radius 3 is 2.50 bits per heavy atom. The molecule has 3 N–H and O–H groups in total. The Balaban J connectivity index is 2.22. The van der Waals surface area contributed by atoms with Gasteiger partial charge in [0.25, 0.3) is 0 Å². The zero-order chi connectivity index (χ0) is 12.1. The summed E-state index contributed by atoms with van der Waals surface area (Å²) in [6.45, 7) is 6.85. The number of hydrogen-bond acceptors (Lipinski definition) is 3. The van der Waals surface area contributed by atoms with Crippen LogP contribution in [0.5, 0.6) is 0 Å². The van der Waals surface area contributed by atoms with Gasteiger partial charge >= 0.3 is 0 Å². The minimum atomic E-state index is -0.0914. The van der Waals surface area contributed by atoms with Crippen molar-refractivity contribution in [3.63, 3.8) is 0 Å².